The predicted octanol–water partition coefficient (Wildman–Crippen LogP) is 5.75. The van der Waals surface area contributed by atoms with Gasteiger partial charge in [-0.05, 0) is 68.0 Å². The number of ether oxygens (including phenoxy) is 1. The van der Waals surface area contributed by atoms with Crippen molar-refractivity contribution in [2.75, 3.05) is 6.54 Å². The Bertz CT molecular complexity index is 1140. The third kappa shape index (κ3) is 4.31. The molecule has 0 fully saturated rings. The van der Waals surface area contributed by atoms with Gasteiger partial charge in [0.1, 0.15) is 6.61 Å². The number of amides is 1. The minimum Gasteiger partial charge on any atom is -0.473 e. The normalized spacial score (nSPS) is 13.3. The number of aryl methyl sites for hydroxylation is 4. The Kier molecular flexibility index (Phi) is 6.01. The number of benzene rings is 2. The molecule has 3 aromatic rings. The van der Waals surface area contributed by atoms with Gasteiger partial charge in [-0.2, -0.15) is 0 Å². The minimum absolute atomic E-state index is 0.0213. The molecule has 31 heavy (non-hydrogen) atoms. The average Bonchev–Trinajstić information content (AvgIpc) is 2.74. The summed E-state index contributed by atoms with van der Waals surface area (Å²) in [6.45, 7) is 9.54. The minimum atomic E-state index is -0.0213. The van der Waals surface area contributed by atoms with Crippen LogP contribution in [0, 0.1) is 27.7 Å². The molecular weight excluding hydrogens is 408 g/mol. The van der Waals surface area contributed by atoms with Gasteiger partial charge in [-0.25, -0.2) is 4.98 Å². The van der Waals surface area contributed by atoms with Crippen LogP contribution < -0.4 is 4.74 Å². The summed E-state index contributed by atoms with van der Waals surface area (Å²) in [6.07, 6.45) is 0.797. The van der Waals surface area contributed by atoms with E-state index in [1.54, 1.807) is 0 Å². The molecule has 0 saturated heterocycles. The van der Waals surface area contributed by atoms with Gasteiger partial charge in [0.2, 0.25) is 5.88 Å². The molecule has 4 nitrogen and oxygen atoms in total. The molecule has 0 atom stereocenters. The zero-order chi connectivity index (χ0) is 22.1. The maximum Gasteiger partial charge on any atom is 0.255 e. The van der Waals surface area contributed by atoms with Crippen molar-refractivity contribution in [2.24, 2.45) is 0 Å². The van der Waals surface area contributed by atoms with E-state index in [1.165, 1.54) is 0 Å². The van der Waals surface area contributed by atoms with Crippen molar-refractivity contribution < 1.29 is 9.53 Å². The zero-order valence-electron chi connectivity index (χ0n) is 18.5. The average molecular weight is 435 g/mol. The van der Waals surface area contributed by atoms with Gasteiger partial charge in [0, 0.05) is 17.8 Å². The lowest BCUT2D eigenvalue weighted by Gasteiger charge is -2.31. The van der Waals surface area contributed by atoms with E-state index in [0.29, 0.717) is 36.2 Å². The highest BCUT2D eigenvalue weighted by molar-refractivity contribution is 6.35. The summed E-state index contributed by atoms with van der Waals surface area (Å²) in [5.41, 5.74) is 7.77. The number of rotatable bonds is 5. The fraction of sp³-hybridized carbons (Fsp3) is 0.308. The van der Waals surface area contributed by atoms with Gasteiger partial charge in [-0.1, -0.05) is 48.0 Å². The molecule has 4 rings (SSSR count). The summed E-state index contributed by atoms with van der Waals surface area (Å²) in [4.78, 5) is 19.9. The van der Waals surface area contributed by atoms with E-state index in [9.17, 15) is 4.79 Å². The first-order valence-corrected chi connectivity index (χ1v) is 10.9. The topological polar surface area (TPSA) is 42.4 Å². The van der Waals surface area contributed by atoms with E-state index in [-0.39, 0.29) is 5.91 Å². The van der Waals surface area contributed by atoms with Crippen molar-refractivity contribution in [1.29, 1.82) is 0 Å². The summed E-state index contributed by atoms with van der Waals surface area (Å²) in [6, 6.07) is 14.1. The molecule has 0 bridgehead atoms. The third-order valence-corrected chi connectivity index (χ3v) is 6.40. The maximum absolute atomic E-state index is 13.4. The van der Waals surface area contributed by atoms with Crippen LogP contribution in [0.4, 0.5) is 0 Å². The number of halogens is 1. The van der Waals surface area contributed by atoms with Crippen molar-refractivity contribution in [2.45, 2.75) is 47.3 Å². The first-order chi connectivity index (χ1) is 14.8. The molecular formula is C26H27ClN2O2. The van der Waals surface area contributed by atoms with Gasteiger partial charge in [0.15, 0.2) is 0 Å². The van der Waals surface area contributed by atoms with Gasteiger partial charge >= 0.3 is 0 Å². The van der Waals surface area contributed by atoms with Crippen LogP contribution in [0.2, 0.25) is 5.02 Å². The smallest absolute Gasteiger partial charge is 0.255 e. The number of carbonyl (C=O) groups is 1. The first-order valence-electron chi connectivity index (χ1n) is 10.6. The van der Waals surface area contributed by atoms with Crippen LogP contribution in [-0.2, 0) is 19.6 Å². The van der Waals surface area contributed by atoms with E-state index in [2.05, 4.69) is 18.0 Å². The molecule has 1 aromatic heterocycles. The molecule has 0 unspecified atom stereocenters. The molecule has 5 heteroatoms. The first kappa shape index (κ1) is 21.4. The van der Waals surface area contributed by atoms with E-state index >= 15 is 0 Å². The highest BCUT2D eigenvalue weighted by atomic mass is 35.5. The molecule has 1 aliphatic heterocycles. The second-order valence-corrected chi connectivity index (χ2v) is 8.67. The molecule has 160 valence electrons. The highest BCUT2D eigenvalue weighted by Crippen LogP contribution is 2.33. The Balaban J connectivity index is 1.63. The van der Waals surface area contributed by atoms with Crippen LogP contribution in [0.5, 0.6) is 5.88 Å². The van der Waals surface area contributed by atoms with E-state index in [0.717, 1.165) is 45.5 Å². The van der Waals surface area contributed by atoms with Crippen LogP contribution in [-0.4, -0.2) is 22.3 Å². The summed E-state index contributed by atoms with van der Waals surface area (Å²) >= 11 is 6.56. The summed E-state index contributed by atoms with van der Waals surface area (Å²) in [5, 5.41) is 0.564. The molecule has 0 N–H and O–H groups in total. The van der Waals surface area contributed by atoms with Crippen molar-refractivity contribution in [3.05, 3.63) is 92.1 Å². The fourth-order valence-electron chi connectivity index (χ4n) is 4.26. The van der Waals surface area contributed by atoms with Crippen molar-refractivity contribution >= 4 is 17.5 Å². The molecule has 1 aliphatic rings. The number of hydrogen-bond acceptors (Lipinski definition) is 3. The van der Waals surface area contributed by atoms with Crippen LogP contribution in [0.3, 0.4) is 0 Å². The van der Waals surface area contributed by atoms with Gasteiger partial charge in [0.05, 0.1) is 17.1 Å². The lowest BCUT2D eigenvalue weighted by molar-refractivity contribution is 0.0724. The second kappa shape index (κ2) is 8.72. The van der Waals surface area contributed by atoms with E-state index in [4.69, 9.17) is 16.3 Å². The van der Waals surface area contributed by atoms with E-state index in [1.807, 2.05) is 62.1 Å². The van der Waals surface area contributed by atoms with Gasteiger partial charge < -0.3 is 9.64 Å². The Labute approximate surface area is 188 Å². The molecule has 1 amide bonds. The Hall–Kier alpha value is -2.85. The molecule has 0 spiro atoms. The van der Waals surface area contributed by atoms with Crippen molar-refractivity contribution in [1.82, 2.24) is 9.88 Å². The molecule has 0 saturated carbocycles. The molecule has 2 aromatic carbocycles. The summed E-state index contributed by atoms with van der Waals surface area (Å²) in [7, 11) is 0. The van der Waals surface area contributed by atoms with Crippen molar-refractivity contribution in [3.63, 3.8) is 0 Å². The monoisotopic (exact) mass is 434 g/mol. The summed E-state index contributed by atoms with van der Waals surface area (Å²) in [5.74, 6) is 0.568. The van der Waals surface area contributed by atoms with Gasteiger partial charge in [0.25, 0.3) is 5.91 Å². The quantitative estimate of drug-likeness (QED) is 0.513. The van der Waals surface area contributed by atoms with Crippen molar-refractivity contribution in [3.8, 4) is 5.88 Å². The third-order valence-electron chi connectivity index (χ3n) is 5.91. The lowest BCUT2D eigenvalue weighted by atomic mass is 9.92. The molecule has 2 heterocycles. The largest absolute Gasteiger partial charge is 0.473 e. The lowest BCUT2D eigenvalue weighted by Crippen LogP contribution is -2.38. The Morgan fingerprint density at radius 3 is 2.52 bits per heavy atom. The second-order valence-electron chi connectivity index (χ2n) is 8.29. The molecule has 0 radical (unpaired) electrons. The summed E-state index contributed by atoms with van der Waals surface area (Å²) < 4.78 is 6.12. The van der Waals surface area contributed by atoms with Crippen LogP contribution in [0.25, 0.3) is 0 Å². The van der Waals surface area contributed by atoms with Gasteiger partial charge in [-0.15, -0.1) is 0 Å². The number of fused-ring (bicyclic) bond motifs is 1. The zero-order valence-corrected chi connectivity index (χ0v) is 19.2. The van der Waals surface area contributed by atoms with Crippen LogP contribution in [0.15, 0.2) is 42.5 Å². The number of pyridine rings is 1. The fourth-order valence-corrected chi connectivity index (χ4v) is 4.51. The SMILES string of the molecule is Cc1cc(C)c(CN2CCc3c(C)cc(C)c(Cl)c3C2=O)c(OCc2ccccc2)n1. The number of nitrogens with zero attached hydrogens (tertiary/aromatic N) is 2. The number of hydrogen-bond donors (Lipinski definition) is 0. The van der Waals surface area contributed by atoms with Crippen LogP contribution in [0.1, 0.15) is 49.4 Å². The number of aromatic nitrogens is 1. The highest BCUT2D eigenvalue weighted by Gasteiger charge is 2.30. The Morgan fingerprint density at radius 1 is 1.03 bits per heavy atom. The number of carbonyl (C=O) groups excluding carboxylic acids is 1. The van der Waals surface area contributed by atoms with Crippen LogP contribution >= 0.6 is 11.6 Å². The Morgan fingerprint density at radius 2 is 1.77 bits per heavy atom. The predicted molar refractivity (Wildman–Crippen MR) is 124 cm³/mol. The molecule has 0 aliphatic carbocycles. The van der Waals surface area contributed by atoms with E-state index < -0.39 is 0 Å². The van der Waals surface area contributed by atoms with Gasteiger partial charge in [-0.3, -0.25) is 4.79 Å². The standard InChI is InChI=1S/C26H27ClN2O2/c1-16-12-18(3)24(27)23-21(16)10-11-29(26(23)30)14-22-17(2)13-19(4)28-25(22)31-15-20-8-6-5-7-9-20/h5-9,12-13H,10-11,14-15H2,1-4H3. The maximum atomic E-state index is 13.4.